The van der Waals surface area contributed by atoms with Crippen molar-refractivity contribution in [2.75, 3.05) is 27.2 Å². The fourth-order valence-corrected chi connectivity index (χ4v) is 3.10. The van der Waals surface area contributed by atoms with Gasteiger partial charge in [-0.3, -0.25) is 10.5 Å². The van der Waals surface area contributed by atoms with Crippen LogP contribution in [0, 0.1) is 0 Å². The molecule has 9 heteroatoms. The second-order valence-corrected chi connectivity index (χ2v) is 7.93. The molecule has 0 fully saturated rings. The molecular formula is C23H31ClN4O4. The highest BCUT2D eigenvalue weighted by Crippen LogP contribution is 2.16. The quantitative estimate of drug-likeness (QED) is 0.318. The largest absolute Gasteiger partial charge is 0.428 e. The second-order valence-electron chi connectivity index (χ2n) is 7.49. The van der Waals surface area contributed by atoms with Crippen LogP contribution in [0.15, 0.2) is 48.5 Å². The van der Waals surface area contributed by atoms with Crippen molar-refractivity contribution >= 4 is 23.6 Å². The summed E-state index contributed by atoms with van der Waals surface area (Å²) >= 11 is 5.86. The van der Waals surface area contributed by atoms with Gasteiger partial charge in [-0.1, -0.05) is 35.9 Å². The van der Waals surface area contributed by atoms with Gasteiger partial charge >= 0.3 is 6.09 Å². The number of alkyl carbamates (subject to hydrolysis) is 1. The highest BCUT2D eigenvalue weighted by Gasteiger charge is 2.25. The molecule has 0 aromatic heterocycles. The van der Waals surface area contributed by atoms with Crippen molar-refractivity contribution in [3.05, 3.63) is 70.2 Å². The van der Waals surface area contributed by atoms with Crippen LogP contribution in [0.1, 0.15) is 34.5 Å². The number of ether oxygens (including phenoxy) is 1. The number of benzene rings is 2. The van der Waals surface area contributed by atoms with E-state index >= 15 is 0 Å². The minimum atomic E-state index is -0.947. The Labute approximate surface area is 193 Å². The number of hydrogen-bond acceptors (Lipinski definition) is 6. The molecule has 0 aliphatic carbocycles. The Bertz CT molecular complexity index is 877. The van der Waals surface area contributed by atoms with E-state index in [9.17, 15) is 14.7 Å². The Morgan fingerprint density at radius 2 is 1.78 bits per heavy atom. The number of halogens is 1. The van der Waals surface area contributed by atoms with Gasteiger partial charge in [0.15, 0.2) is 6.23 Å². The van der Waals surface area contributed by atoms with Crippen molar-refractivity contribution in [3.8, 4) is 0 Å². The van der Waals surface area contributed by atoms with Gasteiger partial charge < -0.3 is 25.4 Å². The zero-order valence-corrected chi connectivity index (χ0v) is 19.3. The first-order valence-corrected chi connectivity index (χ1v) is 10.7. The Morgan fingerprint density at radius 1 is 1.16 bits per heavy atom. The molecule has 0 aliphatic rings. The van der Waals surface area contributed by atoms with Crippen LogP contribution in [-0.4, -0.2) is 61.5 Å². The maximum Gasteiger partial charge on any atom is 0.408 e. The average molecular weight is 463 g/mol. The second kappa shape index (κ2) is 12.4. The molecule has 0 spiro atoms. The lowest BCUT2D eigenvalue weighted by Gasteiger charge is -2.29. The van der Waals surface area contributed by atoms with Gasteiger partial charge in [-0.15, -0.1) is 0 Å². The smallest absolute Gasteiger partial charge is 0.408 e. The maximum absolute atomic E-state index is 12.7. The van der Waals surface area contributed by atoms with Crippen LogP contribution in [0.5, 0.6) is 0 Å². The molecule has 2 aromatic carbocycles. The number of hydrogen-bond donors (Lipinski definition) is 4. The molecule has 0 aliphatic heterocycles. The fourth-order valence-electron chi connectivity index (χ4n) is 2.98. The Morgan fingerprint density at radius 3 is 2.38 bits per heavy atom. The Balaban J connectivity index is 1.81. The zero-order valence-electron chi connectivity index (χ0n) is 18.5. The van der Waals surface area contributed by atoms with E-state index in [4.69, 9.17) is 22.1 Å². The minimum absolute atomic E-state index is 0.218. The lowest BCUT2D eigenvalue weighted by Crippen LogP contribution is -2.49. The lowest BCUT2D eigenvalue weighted by atomic mass is 10.1. The molecule has 3 unspecified atom stereocenters. The minimum Gasteiger partial charge on any atom is -0.428 e. The van der Waals surface area contributed by atoms with E-state index in [0.29, 0.717) is 23.7 Å². The van der Waals surface area contributed by atoms with E-state index in [1.807, 2.05) is 12.1 Å². The summed E-state index contributed by atoms with van der Waals surface area (Å²) in [6, 6.07) is 13.9. The number of rotatable bonds is 10. The van der Waals surface area contributed by atoms with Crippen molar-refractivity contribution in [1.82, 2.24) is 15.5 Å². The molecule has 8 nitrogen and oxygen atoms in total. The van der Waals surface area contributed by atoms with Crippen LogP contribution >= 0.6 is 11.6 Å². The maximum atomic E-state index is 12.7. The SMILES string of the molecule is CNC(=O)OC(N)C(C)N(C)C(=O)c1ccc(CCNCC(O)c2ccc(Cl)cc2)cc1. The molecule has 2 amide bonds. The average Bonchev–Trinajstić information content (AvgIpc) is 2.80. The standard InChI is InChI=1S/C23H31ClN4O4/c1-15(21(25)32-23(31)26-2)28(3)22(30)18-6-4-16(5-7-18)12-13-27-14-20(29)17-8-10-19(24)11-9-17/h4-11,15,20-21,27,29H,12-14,25H2,1-3H3,(H,26,31). The third-order valence-corrected chi connectivity index (χ3v) is 5.49. The predicted molar refractivity (Wildman–Crippen MR) is 124 cm³/mol. The van der Waals surface area contributed by atoms with Crippen LogP contribution < -0.4 is 16.4 Å². The lowest BCUT2D eigenvalue weighted by molar-refractivity contribution is 0.0380. The Kier molecular flexibility index (Phi) is 9.93. The number of aliphatic hydroxyl groups excluding tert-OH is 1. The molecule has 0 heterocycles. The van der Waals surface area contributed by atoms with Crippen molar-refractivity contribution in [3.63, 3.8) is 0 Å². The molecule has 32 heavy (non-hydrogen) atoms. The Hall–Kier alpha value is -2.65. The van der Waals surface area contributed by atoms with Gasteiger partial charge in [0.25, 0.3) is 5.91 Å². The third-order valence-electron chi connectivity index (χ3n) is 5.24. The first-order chi connectivity index (χ1) is 15.2. The topological polar surface area (TPSA) is 117 Å². The highest BCUT2D eigenvalue weighted by atomic mass is 35.5. The number of amides is 2. The molecule has 0 bridgehead atoms. The van der Waals surface area contributed by atoms with E-state index in [1.54, 1.807) is 50.4 Å². The summed E-state index contributed by atoms with van der Waals surface area (Å²) in [5, 5.41) is 16.4. The van der Waals surface area contributed by atoms with Crippen LogP contribution in [0.2, 0.25) is 5.02 Å². The molecule has 2 aromatic rings. The number of carbonyl (C=O) groups is 2. The van der Waals surface area contributed by atoms with Crippen molar-refractivity contribution in [2.45, 2.75) is 31.7 Å². The number of nitrogens with zero attached hydrogens (tertiary/aromatic N) is 1. The van der Waals surface area contributed by atoms with E-state index < -0.39 is 24.5 Å². The number of likely N-dealkylation sites (N-methyl/N-ethyl adjacent to an activating group) is 1. The normalized spacial score (nSPS) is 13.7. The van der Waals surface area contributed by atoms with Gasteiger partial charge in [-0.2, -0.15) is 0 Å². The fraction of sp³-hybridized carbons (Fsp3) is 0.391. The first kappa shape index (κ1) is 25.6. The van der Waals surface area contributed by atoms with Crippen molar-refractivity contribution in [1.29, 1.82) is 0 Å². The highest BCUT2D eigenvalue weighted by molar-refractivity contribution is 6.30. The van der Waals surface area contributed by atoms with Gasteiger partial charge in [0.2, 0.25) is 0 Å². The van der Waals surface area contributed by atoms with Gasteiger partial charge in [0.05, 0.1) is 12.1 Å². The summed E-state index contributed by atoms with van der Waals surface area (Å²) in [6.45, 7) is 2.82. The van der Waals surface area contributed by atoms with Crippen molar-refractivity contribution in [2.24, 2.45) is 5.73 Å². The zero-order chi connectivity index (χ0) is 23.7. The summed E-state index contributed by atoms with van der Waals surface area (Å²) in [5.74, 6) is -0.218. The first-order valence-electron chi connectivity index (χ1n) is 10.4. The molecule has 0 radical (unpaired) electrons. The molecule has 0 saturated carbocycles. The number of carbonyl (C=O) groups excluding carboxylic acids is 2. The third kappa shape index (κ3) is 7.49. The van der Waals surface area contributed by atoms with Crippen LogP contribution in [-0.2, 0) is 11.2 Å². The van der Waals surface area contributed by atoms with E-state index in [-0.39, 0.29) is 5.91 Å². The molecule has 2 rings (SSSR count). The number of aliphatic hydroxyl groups is 1. The van der Waals surface area contributed by atoms with E-state index in [2.05, 4.69) is 10.6 Å². The van der Waals surface area contributed by atoms with E-state index in [1.165, 1.54) is 11.9 Å². The van der Waals surface area contributed by atoms with Gasteiger partial charge in [-0.05, 0) is 55.3 Å². The molecule has 3 atom stereocenters. The summed E-state index contributed by atoms with van der Waals surface area (Å²) in [7, 11) is 3.05. The molecule has 0 saturated heterocycles. The van der Waals surface area contributed by atoms with Crippen LogP contribution in [0.4, 0.5) is 4.79 Å². The van der Waals surface area contributed by atoms with Crippen molar-refractivity contribution < 1.29 is 19.4 Å². The molecule has 174 valence electrons. The number of nitrogens with one attached hydrogen (secondary N) is 2. The van der Waals surface area contributed by atoms with Crippen LogP contribution in [0.3, 0.4) is 0 Å². The van der Waals surface area contributed by atoms with Gasteiger partial charge in [-0.25, -0.2) is 4.79 Å². The predicted octanol–water partition coefficient (Wildman–Crippen LogP) is 2.31. The monoisotopic (exact) mass is 462 g/mol. The number of nitrogens with two attached hydrogens (primary N) is 1. The molecular weight excluding hydrogens is 432 g/mol. The summed E-state index contributed by atoms with van der Waals surface area (Å²) in [4.78, 5) is 25.5. The van der Waals surface area contributed by atoms with Gasteiger partial charge in [0, 0.05) is 31.2 Å². The summed E-state index contributed by atoms with van der Waals surface area (Å²) in [5.41, 5.74) is 8.24. The van der Waals surface area contributed by atoms with Crippen LogP contribution in [0.25, 0.3) is 0 Å². The van der Waals surface area contributed by atoms with Gasteiger partial charge in [0.1, 0.15) is 0 Å². The van der Waals surface area contributed by atoms with E-state index in [0.717, 1.165) is 17.5 Å². The summed E-state index contributed by atoms with van der Waals surface area (Å²) in [6.07, 6.45) is -1.45. The summed E-state index contributed by atoms with van der Waals surface area (Å²) < 4.78 is 5.00. The molecule has 5 N–H and O–H groups in total.